The fourth-order valence-electron chi connectivity index (χ4n) is 3.03. The SMILES string of the molecule is NCCCCC(NC(=O)C1CCCCC1)c1nnc(CC(N)=O)o1. The number of rotatable bonds is 9. The van der Waals surface area contributed by atoms with E-state index in [1.807, 2.05) is 0 Å². The van der Waals surface area contributed by atoms with Crippen LogP contribution < -0.4 is 16.8 Å². The second-order valence-corrected chi connectivity index (χ2v) is 6.36. The lowest BCUT2D eigenvalue weighted by atomic mass is 9.88. The quantitative estimate of drug-likeness (QED) is 0.574. The molecule has 2 amide bonds. The Balaban J connectivity index is 2.01. The average molecular weight is 337 g/mol. The van der Waals surface area contributed by atoms with Gasteiger partial charge < -0.3 is 21.2 Å². The summed E-state index contributed by atoms with van der Waals surface area (Å²) in [4.78, 5) is 23.5. The highest BCUT2D eigenvalue weighted by Gasteiger charge is 2.26. The number of nitrogens with zero attached hydrogens (tertiary/aromatic N) is 2. The molecule has 0 aromatic carbocycles. The van der Waals surface area contributed by atoms with Crippen molar-refractivity contribution in [2.24, 2.45) is 17.4 Å². The van der Waals surface area contributed by atoms with Crippen molar-refractivity contribution in [3.05, 3.63) is 11.8 Å². The summed E-state index contributed by atoms with van der Waals surface area (Å²) in [6, 6.07) is -0.347. The Morgan fingerprint density at radius 2 is 1.96 bits per heavy atom. The van der Waals surface area contributed by atoms with Crippen LogP contribution in [0.1, 0.15) is 69.2 Å². The van der Waals surface area contributed by atoms with Crippen LogP contribution in [-0.4, -0.2) is 28.6 Å². The fraction of sp³-hybridized carbons (Fsp3) is 0.750. The molecule has 1 aliphatic carbocycles. The molecule has 1 aliphatic rings. The maximum atomic E-state index is 12.5. The van der Waals surface area contributed by atoms with Gasteiger partial charge in [0.15, 0.2) is 0 Å². The first-order valence-electron chi connectivity index (χ1n) is 8.71. The van der Waals surface area contributed by atoms with Crippen LogP contribution in [0.4, 0.5) is 0 Å². The molecule has 1 saturated carbocycles. The molecular formula is C16H27N5O3. The maximum Gasteiger partial charge on any atom is 0.238 e. The number of nitrogens with one attached hydrogen (secondary N) is 1. The molecule has 1 heterocycles. The summed E-state index contributed by atoms with van der Waals surface area (Å²) in [6.07, 6.45) is 7.53. The fourth-order valence-corrected chi connectivity index (χ4v) is 3.03. The minimum Gasteiger partial charge on any atom is -0.422 e. The second-order valence-electron chi connectivity index (χ2n) is 6.36. The van der Waals surface area contributed by atoms with Crippen molar-refractivity contribution in [1.29, 1.82) is 0 Å². The largest absolute Gasteiger partial charge is 0.422 e. The van der Waals surface area contributed by atoms with Crippen molar-refractivity contribution in [3.8, 4) is 0 Å². The first kappa shape index (κ1) is 18.4. The third-order valence-corrected chi connectivity index (χ3v) is 4.35. The van der Waals surface area contributed by atoms with Crippen molar-refractivity contribution < 1.29 is 14.0 Å². The summed E-state index contributed by atoms with van der Waals surface area (Å²) >= 11 is 0. The molecule has 0 aliphatic heterocycles. The van der Waals surface area contributed by atoms with Crippen LogP contribution in [0.3, 0.4) is 0 Å². The van der Waals surface area contributed by atoms with E-state index in [1.54, 1.807) is 0 Å². The second kappa shape index (κ2) is 9.36. The van der Waals surface area contributed by atoms with Crippen LogP contribution in [0, 0.1) is 5.92 Å². The Labute approximate surface area is 141 Å². The lowest BCUT2D eigenvalue weighted by molar-refractivity contribution is -0.127. The van der Waals surface area contributed by atoms with E-state index in [4.69, 9.17) is 15.9 Å². The van der Waals surface area contributed by atoms with Gasteiger partial charge in [0.05, 0.1) is 0 Å². The predicted octanol–water partition coefficient (Wildman–Crippen LogP) is 0.964. The smallest absolute Gasteiger partial charge is 0.238 e. The van der Waals surface area contributed by atoms with E-state index in [1.165, 1.54) is 6.42 Å². The third-order valence-electron chi connectivity index (χ3n) is 4.35. The molecule has 2 rings (SSSR count). The molecule has 24 heavy (non-hydrogen) atoms. The molecule has 5 N–H and O–H groups in total. The number of nitrogens with two attached hydrogens (primary N) is 2. The number of hydrogen-bond donors (Lipinski definition) is 3. The van der Waals surface area contributed by atoms with Crippen LogP contribution in [-0.2, 0) is 16.0 Å². The first-order chi connectivity index (χ1) is 11.6. The molecule has 1 atom stereocenters. The standard InChI is InChI=1S/C16H27N5O3/c17-9-5-4-8-12(16-21-20-14(24-16)10-13(18)22)19-15(23)11-6-2-1-3-7-11/h11-12H,1-10,17H2,(H2,18,22)(H,19,23). The molecular weight excluding hydrogens is 310 g/mol. The summed E-state index contributed by atoms with van der Waals surface area (Å²) in [6.45, 7) is 0.597. The zero-order valence-electron chi connectivity index (χ0n) is 14.0. The van der Waals surface area contributed by atoms with Crippen molar-refractivity contribution in [1.82, 2.24) is 15.5 Å². The van der Waals surface area contributed by atoms with Crippen LogP contribution in [0.25, 0.3) is 0 Å². The number of carbonyl (C=O) groups excluding carboxylic acids is 2. The van der Waals surface area contributed by atoms with E-state index in [0.717, 1.165) is 38.5 Å². The zero-order chi connectivity index (χ0) is 17.4. The van der Waals surface area contributed by atoms with E-state index in [-0.39, 0.29) is 30.2 Å². The van der Waals surface area contributed by atoms with E-state index >= 15 is 0 Å². The lowest BCUT2D eigenvalue weighted by Gasteiger charge is -2.23. The third kappa shape index (κ3) is 5.59. The average Bonchev–Trinajstić information content (AvgIpc) is 3.02. The minimum atomic E-state index is -0.531. The highest BCUT2D eigenvalue weighted by Crippen LogP contribution is 2.26. The van der Waals surface area contributed by atoms with Gasteiger partial charge in [-0.15, -0.1) is 10.2 Å². The van der Waals surface area contributed by atoms with Gasteiger partial charge >= 0.3 is 0 Å². The van der Waals surface area contributed by atoms with Crippen LogP contribution in [0.2, 0.25) is 0 Å². The number of carbonyl (C=O) groups is 2. The van der Waals surface area contributed by atoms with E-state index < -0.39 is 5.91 Å². The predicted molar refractivity (Wildman–Crippen MR) is 87.6 cm³/mol. The number of unbranched alkanes of at least 4 members (excludes halogenated alkanes) is 1. The normalized spacial score (nSPS) is 16.7. The van der Waals surface area contributed by atoms with Gasteiger partial charge in [-0.1, -0.05) is 19.3 Å². The van der Waals surface area contributed by atoms with Gasteiger partial charge in [0.2, 0.25) is 23.6 Å². The monoisotopic (exact) mass is 337 g/mol. The number of primary amides is 1. The van der Waals surface area contributed by atoms with Gasteiger partial charge in [-0.25, -0.2) is 0 Å². The molecule has 8 nitrogen and oxygen atoms in total. The van der Waals surface area contributed by atoms with Crippen molar-refractivity contribution in [2.45, 2.75) is 63.8 Å². The number of amides is 2. The highest BCUT2D eigenvalue weighted by molar-refractivity contribution is 5.79. The molecule has 0 saturated heterocycles. The van der Waals surface area contributed by atoms with Crippen molar-refractivity contribution >= 4 is 11.8 Å². The zero-order valence-corrected chi connectivity index (χ0v) is 14.0. The minimum absolute atomic E-state index is 0.0436. The van der Waals surface area contributed by atoms with Crippen molar-refractivity contribution in [2.75, 3.05) is 6.54 Å². The van der Waals surface area contributed by atoms with Crippen LogP contribution in [0.5, 0.6) is 0 Å². The Bertz CT molecular complexity index is 540. The summed E-state index contributed by atoms with van der Waals surface area (Å²) in [5.41, 5.74) is 10.7. The lowest BCUT2D eigenvalue weighted by Crippen LogP contribution is -2.35. The summed E-state index contributed by atoms with van der Waals surface area (Å²) in [5.74, 6) is 0.0719. The number of aromatic nitrogens is 2. The topological polar surface area (TPSA) is 137 Å². The summed E-state index contributed by atoms with van der Waals surface area (Å²) in [7, 11) is 0. The van der Waals surface area contributed by atoms with Crippen LogP contribution >= 0.6 is 0 Å². The Hall–Kier alpha value is -1.96. The Morgan fingerprint density at radius 3 is 2.62 bits per heavy atom. The molecule has 1 aromatic rings. The first-order valence-corrected chi connectivity index (χ1v) is 8.71. The molecule has 0 radical (unpaired) electrons. The van der Waals surface area contributed by atoms with Gasteiger partial charge in [0.1, 0.15) is 12.5 Å². The summed E-state index contributed by atoms with van der Waals surface area (Å²) < 4.78 is 5.51. The van der Waals surface area contributed by atoms with Gasteiger partial charge in [0, 0.05) is 5.92 Å². The molecule has 0 bridgehead atoms. The molecule has 1 fully saturated rings. The van der Waals surface area contributed by atoms with Gasteiger partial charge in [0.25, 0.3) is 0 Å². The molecule has 1 unspecified atom stereocenters. The summed E-state index contributed by atoms with van der Waals surface area (Å²) in [5, 5.41) is 10.8. The Kier molecular flexibility index (Phi) is 7.17. The van der Waals surface area contributed by atoms with Gasteiger partial charge in [-0.2, -0.15) is 0 Å². The number of hydrogen-bond acceptors (Lipinski definition) is 6. The van der Waals surface area contributed by atoms with E-state index in [2.05, 4.69) is 15.5 Å². The van der Waals surface area contributed by atoms with Gasteiger partial charge in [-0.3, -0.25) is 9.59 Å². The van der Waals surface area contributed by atoms with Crippen molar-refractivity contribution in [3.63, 3.8) is 0 Å². The molecule has 8 heteroatoms. The Morgan fingerprint density at radius 1 is 1.21 bits per heavy atom. The molecule has 134 valence electrons. The molecule has 0 spiro atoms. The van der Waals surface area contributed by atoms with E-state index in [9.17, 15) is 9.59 Å². The highest BCUT2D eigenvalue weighted by atomic mass is 16.4. The maximum absolute atomic E-state index is 12.5. The van der Waals surface area contributed by atoms with E-state index in [0.29, 0.717) is 18.9 Å². The van der Waals surface area contributed by atoms with Gasteiger partial charge in [-0.05, 0) is 38.6 Å². The molecule has 1 aromatic heterocycles. The van der Waals surface area contributed by atoms with Crippen LogP contribution in [0.15, 0.2) is 4.42 Å².